The second-order valence-electron chi connectivity index (χ2n) is 5.38. The Hall–Kier alpha value is 0.230. The first-order valence-corrected chi connectivity index (χ1v) is 7.83. The van der Waals surface area contributed by atoms with Crippen molar-refractivity contribution in [1.29, 1.82) is 0 Å². The van der Waals surface area contributed by atoms with Crippen LogP contribution in [0.25, 0.3) is 0 Å². The predicted octanol–water partition coefficient (Wildman–Crippen LogP) is 1.95. The summed E-state index contributed by atoms with van der Waals surface area (Å²) in [4.78, 5) is 0. The smallest absolute Gasteiger partial charge is 0.0861 e. The van der Waals surface area contributed by atoms with Crippen molar-refractivity contribution in [1.82, 2.24) is 0 Å². The lowest BCUT2D eigenvalue weighted by Gasteiger charge is -2.43. The van der Waals surface area contributed by atoms with Crippen LogP contribution in [0.1, 0.15) is 44.9 Å². The SMILES string of the molecule is OCC(O)CSC1CCOC2(CCCCC2)C1. The molecule has 1 aliphatic carbocycles. The van der Waals surface area contributed by atoms with E-state index in [1.807, 2.05) is 11.8 Å². The van der Waals surface area contributed by atoms with Gasteiger partial charge in [-0.05, 0) is 25.7 Å². The van der Waals surface area contributed by atoms with Gasteiger partial charge in [-0.15, -0.1) is 0 Å². The van der Waals surface area contributed by atoms with E-state index in [9.17, 15) is 5.11 Å². The maximum absolute atomic E-state index is 9.39. The van der Waals surface area contributed by atoms with Gasteiger partial charge in [0.15, 0.2) is 0 Å². The highest BCUT2D eigenvalue weighted by atomic mass is 32.2. The molecule has 2 unspecified atom stereocenters. The lowest BCUT2D eigenvalue weighted by atomic mass is 9.80. The van der Waals surface area contributed by atoms with Crippen molar-refractivity contribution in [2.75, 3.05) is 19.0 Å². The number of ether oxygens (including phenoxy) is 1. The van der Waals surface area contributed by atoms with Crippen LogP contribution in [0.4, 0.5) is 0 Å². The van der Waals surface area contributed by atoms with Crippen LogP contribution in [0.5, 0.6) is 0 Å². The van der Waals surface area contributed by atoms with Crippen molar-refractivity contribution in [3.63, 3.8) is 0 Å². The van der Waals surface area contributed by atoms with Crippen LogP contribution in [0, 0.1) is 0 Å². The number of rotatable bonds is 4. The summed E-state index contributed by atoms with van der Waals surface area (Å²) in [5.41, 5.74) is 0.151. The molecule has 2 fully saturated rings. The Morgan fingerprint density at radius 2 is 2.06 bits per heavy atom. The van der Waals surface area contributed by atoms with Gasteiger partial charge in [0.2, 0.25) is 0 Å². The second-order valence-corrected chi connectivity index (χ2v) is 6.71. The van der Waals surface area contributed by atoms with E-state index in [1.54, 1.807) is 0 Å². The first kappa shape index (κ1) is 13.7. The highest BCUT2D eigenvalue weighted by molar-refractivity contribution is 7.99. The summed E-state index contributed by atoms with van der Waals surface area (Å²) in [6.07, 6.45) is 8.05. The molecule has 0 radical (unpaired) electrons. The van der Waals surface area contributed by atoms with E-state index in [0.717, 1.165) is 19.4 Å². The molecule has 1 heterocycles. The molecule has 4 heteroatoms. The van der Waals surface area contributed by atoms with Gasteiger partial charge in [0, 0.05) is 17.6 Å². The summed E-state index contributed by atoms with van der Waals surface area (Å²) in [5, 5.41) is 18.8. The zero-order valence-corrected chi connectivity index (χ0v) is 11.3. The summed E-state index contributed by atoms with van der Waals surface area (Å²) in [5.74, 6) is 0.650. The third-order valence-corrected chi connectivity index (χ3v) is 5.40. The summed E-state index contributed by atoms with van der Waals surface area (Å²) in [7, 11) is 0. The number of hydrogen-bond acceptors (Lipinski definition) is 4. The van der Waals surface area contributed by atoms with E-state index < -0.39 is 6.10 Å². The van der Waals surface area contributed by atoms with Gasteiger partial charge in [0.1, 0.15) is 0 Å². The van der Waals surface area contributed by atoms with Crippen molar-refractivity contribution in [3.8, 4) is 0 Å². The normalized spacial score (nSPS) is 30.4. The molecule has 100 valence electrons. The molecule has 0 aromatic rings. The van der Waals surface area contributed by atoms with Crippen LogP contribution in [0.2, 0.25) is 0 Å². The Morgan fingerprint density at radius 3 is 2.76 bits per heavy atom. The molecule has 2 N–H and O–H groups in total. The standard InChI is InChI=1S/C13H24O3S/c14-9-11(15)10-17-12-4-7-16-13(8-12)5-2-1-3-6-13/h11-12,14-15H,1-10H2. The zero-order valence-electron chi connectivity index (χ0n) is 10.4. The van der Waals surface area contributed by atoms with Crippen LogP contribution < -0.4 is 0 Å². The largest absolute Gasteiger partial charge is 0.394 e. The van der Waals surface area contributed by atoms with Gasteiger partial charge >= 0.3 is 0 Å². The van der Waals surface area contributed by atoms with E-state index in [1.165, 1.54) is 32.1 Å². The van der Waals surface area contributed by atoms with E-state index in [2.05, 4.69) is 0 Å². The van der Waals surface area contributed by atoms with E-state index in [-0.39, 0.29) is 12.2 Å². The molecule has 1 saturated heterocycles. The Balaban J connectivity index is 1.79. The monoisotopic (exact) mass is 260 g/mol. The van der Waals surface area contributed by atoms with Crippen molar-refractivity contribution in [2.24, 2.45) is 0 Å². The van der Waals surface area contributed by atoms with Crippen LogP contribution in [0.15, 0.2) is 0 Å². The Bertz CT molecular complexity index is 223. The fraction of sp³-hybridized carbons (Fsp3) is 1.00. The minimum absolute atomic E-state index is 0.124. The molecule has 1 saturated carbocycles. The molecule has 2 atom stereocenters. The van der Waals surface area contributed by atoms with E-state index in [4.69, 9.17) is 9.84 Å². The van der Waals surface area contributed by atoms with E-state index >= 15 is 0 Å². The topological polar surface area (TPSA) is 49.7 Å². The minimum Gasteiger partial charge on any atom is -0.394 e. The van der Waals surface area contributed by atoms with Crippen LogP contribution in [0.3, 0.4) is 0 Å². The fourth-order valence-corrected chi connectivity index (χ4v) is 4.25. The fourth-order valence-electron chi connectivity index (χ4n) is 2.97. The van der Waals surface area contributed by atoms with Gasteiger partial charge in [-0.1, -0.05) is 19.3 Å². The van der Waals surface area contributed by atoms with Gasteiger partial charge in [-0.2, -0.15) is 11.8 Å². The Kier molecular flexibility index (Phi) is 5.15. The highest BCUT2D eigenvalue weighted by Crippen LogP contribution is 2.41. The molecule has 0 aromatic carbocycles. The van der Waals surface area contributed by atoms with Crippen LogP contribution in [-0.2, 0) is 4.74 Å². The lowest BCUT2D eigenvalue weighted by Crippen LogP contribution is -2.42. The molecule has 0 bridgehead atoms. The highest BCUT2D eigenvalue weighted by Gasteiger charge is 2.38. The molecule has 17 heavy (non-hydrogen) atoms. The van der Waals surface area contributed by atoms with Crippen molar-refractivity contribution in [3.05, 3.63) is 0 Å². The van der Waals surface area contributed by atoms with Gasteiger partial charge in [-0.25, -0.2) is 0 Å². The molecule has 0 amide bonds. The molecular formula is C13H24O3S. The van der Waals surface area contributed by atoms with Crippen molar-refractivity contribution in [2.45, 2.75) is 61.9 Å². The van der Waals surface area contributed by atoms with Crippen molar-refractivity contribution >= 4 is 11.8 Å². The quantitative estimate of drug-likeness (QED) is 0.811. The maximum Gasteiger partial charge on any atom is 0.0861 e. The van der Waals surface area contributed by atoms with Crippen LogP contribution >= 0.6 is 11.8 Å². The number of aliphatic hydroxyl groups excluding tert-OH is 2. The molecule has 1 spiro atoms. The van der Waals surface area contributed by atoms with Gasteiger partial charge in [0.05, 0.1) is 18.3 Å². The molecule has 1 aliphatic heterocycles. The minimum atomic E-state index is -0.565. The second kappa shape index (κ2) is 6.41. The average molecular weight is 260 g/mol. The summed E-state index contributed by atoms with van der Waals surface area (Å²) < 4.78 is 6.04. The van der Waals surface area contributed by atoms with Gasteiger partial charge in [0.25, 0.3) is 0 Å². The zero-order chi connectivity index (χ0) is 12.1. The lowest BCUT2D eigenvalue weighted by molar-refractivity contribution is -0.0971. The van der Waals surface area contributed by atoms with Crippen molar-refractivity contribution < 1.29 is 14.9 Å². The third kappa shape index (κ3) is 3.85. The van der Waals surface area contributed by atoms with E-state index in [0.29, 0.717) is 11.0 Å². The molecule has 3 nitrogen and oxygen atoms in total. The number of thioether (sulfide) groups is 1. The Labute approximate surface area is 108 Å². The molecule has 0 aromatic heterocycles. The average Bonchev–Trinajstić information content (AvgIpc) is 2.37. The first-order chi connectivity index (χ1) is 8.24. The predicted molar refractivity (Wildman–Crippen MR) is 70.3 cm³/mol. The summed E-state index contributed by atoms with van der Waals surface area (Å²) >= 11 is 1.81. The Morgan fingerprint density at radius 1 is 1.29 bits per heavy atom. The number of aliphatic hydroxyl groups is 2. The van der Waals surface area contributed by atoms with Crippen LogP contribution in [-0.4, -0.2) is 46.1 Å². The maximum atomic E-state index is 9.39. The van der Waals surface area contributed by atoms with Gasteiger partial charge < -0.3 is 14.9 Å². The first-order valence-electron chi connectivity index (χ1n) is 6.79. The molecular weight excluding hydrogens is 236 g/mol. The molecule has 2 aliphatic rings. The van der Waals surface area contributed by atoms with Gasteiger partial charge in [-0.3, -0.25) is 0 Å². The molecule has 2 rings (SSSR count). The number of hydrogen-bond donors (Lipinski definition) is 2. The summed E-state index contributed by atoms with van der Waals surface area (Å²) in [6, 6.07) is 0. The third-order valence-electron chi connectivity index (χ3n) is 3.95. The summed E-state index contributed by atoms with van der Waals surface area (Å²) in [6.45, 7) is 0.744.